The number of rotatable bonds is 9. The Labute approximate surface area is 224 Å². The van der Waals surface area contributed by atoms with Crippen molar-refractivity contribution in [2.75, 3.05) is 31.6 Å². The minimum absolute atomic E-state index is 0.146. The third kappa shape index (κ3) is 5.39. The van der Waals surface area contributed by atoms with Crippen LogP contribution in [0, 0.1) is 0 Å². The molecule has 0 saturated carbocycles. The van der Waals surface area contributed by atoms with Crippen molar-refractivity contribution in [2.24, 2.45) is 0 Å². The van der Waals surface area contributed by atoms with Gasteiger partial charge in [-0.05, 0) is 53.0 Å². The van der Waals surface area contributed by atoms with Gasteiger partial charge in [0, 0.05) is 50.4 Å². The molecule has 0 atom stereocenters. The highest BCUT2D eigenvalue weighted by Gasteiger charge is 2.20. The summed E-state index contributed by atoms with van der Waals surface area (Å²) in [5.74, 6) is 0.923. The molecule has 37 heavy (non-hydrogen) atoms. The SMILES string of the molecule is CN(c1ccc(S(=O)(=O)NCCCN2CCCC2=O)cc1)c1cc(-c2ccccc2)nc2c(Br)cnn12. The van der Waals surface area contributed by atoms with Gasteiger partial charge in [0.15, 0.2) is 5.65 Å². The lowest BCUT2D eigenvalue weighted by Crippen LogP contribution is -2.30. The second-order valence-corrected chi connectivity index (χ2v) is 11.5. The number of hydrogen-bond acceptors (Lipinski definition) is 6. The number of hydrogen-bond donors (Lipinski definition) is 1. The molecule has 5 rings (SSSR count). The van der Waals surface area contributed by atoms with Crippen LogP contribution in [0.1, 0.15) is 19.3 Å². The lowest BCUT2D eigenvalue weighted by atomic mass is 10.1. The van der Waals surface area contributed by atoms with Crippen molar-refractivity contribution in [1.82, 2.24) is 24.2 Å². The van der Waals surface area contributed by atoms with E-state index >= 15 is 0 Å². The quantitative estimate of drug-likeness (QED) is 0.297. The van der Waals surface area contributed by atoms with Gasteiger partial charge in [0.2, 0.25) is 15.9 Å². The highest BCUT2D eigenvalue weighted by Crippen LogP contribution is 2.31. The van der Waals surface area contributed by atoms with Crippen LogP contribution < -0.4 is 9.62 Å². The number of sulfonamides is 1. The molecule has 1 amide bonds. The number of likely N-dealkylation sites (tertiary alicyclic amines) is 1. The monoisotopic (exact) mass is 582 g/mol. The Bertz CT molecular complexity index is 1520. The summed E-state index contributed by atoms with van der Waals surface area (Å²) in [6.07, 6.45) is 3.74. The molecule has 1 fully saturated rings. The molecule has 0 unspecified atom stereocenters. The van der Waals surface area contributed by atoms with E-state index in [0.29, 0.717) is 25.0 Å². The first-order valence-corrected chi connectivity index (χ1v) is 14.3. The number of amides is 1. The van der Waals surface area contributed by atoms with E-state index in [1.807, 2.05) is 48.3 Å². The fraction of sp³-hybridized carbons (Fsp3) is 0.269. The molecule has 0 spiro atoms. The van der Waals surface area contributed by atoms with Gasteiger partial charge in [-0.2, -0.15) is 9.61 Å². The number of anilines is 2. The summed E-state index contributed by atoms with van der Waals surface area (Å²) < 4.78 is 30.7. The van der Waals surface area contributed by atoms with Crippen molar-refractivity contribution >= 4 is 49.0 Å². The van der Waals surface area contributed by atoms with Crippen LogP contribution in [0.3, 0.4) is 0 Å². The van der Waals surface area contributed by atoms with Crippen LogP contribution in [0.5, 0.6) is 0 Å². The summed E-state index contributed by atoms with van der Waals surface area (Å²) in [6.45, 7) is 1.60. The Balaban J connectivity index is 1.33. The van der Waals surface area contributed by atoms with Gasteiger partial charge in [-0.1, -0.05) is 30.3 Å². The summed E-state index contributed by atoms with van der Waals surface area (Å²) in [7, 11) is -1.75. The summed E-state index contributed by atoms with van der Waals surface area (Å²) in [6, 6.07) is 18.6. The molecule has 0 bridgehead atoms. The van der Waals surface area contributed by atoms with Crippen molar-refractivity contribution in [3.8, 4) is 11.3 Å². The minimum atomic E-state index is -3.66. The summed E-state index contributed by atoms with van der Waals surface area (Å²) in [4.78, 5) is 20.4. The number of nitrogens with one attached hydrogen (secondary N) is 1. The van der Waals surface area contributed by atoms with Crippen LogP contribution in [0.15, 0.2) is 76.2 Å². The zero-order valence-corrected chi connectivity index (χ0v) is 22.7. The van der Waals surface area contributed by atoms with Gasteiger partial charge in [0.1, 0.15) is 5.82 Å². The van der Waals surface area contributed by atoms with E-state index in [1.165, 1.54) is 0 Å². The molecular weight excluding hydrogens is 556 g/mol. The molecule has 3 heterocycles. The molecule has 1 aliphatic heterocycles. The van der Waals surface area contributed by atoms with Gasteiger partial charge in [0.25, 0.3) is 0 Å². The molecule has 192 valence electrons. The van der Waals surface area contributed by atoms with Gasteiger partial charge in [-0.3, -0.25) is 4.79 Å². The summed E-state index contributed by atoms with van der Waals surface area (Å²) in [5.41, 5.74) is 3.26. The first kappa shape index (κ1) is 25.4. The van der Waals surface area contributed by atoms with Crippen LogP contribution in [-0.4, -0.2) is 60.5 Å². The van der Waals surface area contributed by atoms with Crippen LogP contribution >= 0.6 is 15.9 Å². The highest BCUT2D eigenvalue weighted by molar-refractivity contribution is 9.10. The highest BCUT2D eigenvalue weighted by atomic mass is 79.9. The van der Waals surface area contributed by atoms with E-state index in [2.05, 4.69) is 25.8 Å². The lowest BCUT2D eigenvalue weighted by molar-refractivity contribution is -0.127. The minimum Gasteiger partial charge on any atom is -0.343 e. The first-order chi connectivity index (χ1) is 17.8. The average Bonchev–Trinajstić information content (AvgIpc) is 3.51. The number of carbonyl (C=O) groups excluding carboxylic acids is 1. The Morgan fingerprint density at radius 1 is 1.11 bits per heavy atom. The van der Waals surface area contributed by atoms with Gasteiger partial charge < -0.3 is 9.80 Å². The molecule has 1 N–H and O–H groups in total. The molecule has 1 saturated heterocycles. The van der Waals surface area contributed by atoms with Gasteiger partial charge in [0.05, 0.1) is 21.3 Å². The van der Waals surface area contributed by atoms with E-state index in [1.54, 1.807) is 39.9 Å². The summed E-state index contributed by atoms with van der Waals surface area (Å²) in [5, 5.41) is 4.47. The fourth-order valence-corrected chi connectivity index (χ4v) is 5.82. The van der Waals surface area contributed by atoms with Crippen LogP contribution in [0.25, 0.3) is 16.9 Å². The average molecular weight is 584 g/mol. The lowest BCUT2D eigenvalue weighted by Gasteiger charge is -2.21. The van der Waals surface area contributed by atoms with Crippen LogP contribution in [0.2, 0.25) is 0 Å². The first-order valence-electron chi connectivity index (χ1n) is 12.0. The van der Waals surface area contributed by atoms with Gasteiger partial charge in [-0.15, -0.1) is 0 Å². The smallest absolute Gasteiger partial charge is 0.240 e. The van der Waals surface area contributed by atoms with Crippen molar-refractivity contribution in [2.45, 2.75) is 24.2 Å². The number of aromatic nitrogens is 3. The van der Waals surface area contributed by atoms with Crippen molar-refractivity contribution in [3.63, 3.8) is 0 Å². The topological polar surface area (TPSA) is 99.9 Å². The molecule has 4 aromatic rings. The third-order valence-corrected chi connectivity index (χ3v) is 8.46. The van der Waals surface area contributed by atoms with Crippen LogP contribution in [-0.2, 0) is 14.8 Å². The normalized spacial score (nSPS) is 14.0. The third-order valence-electron chi connectivity index (χ3n) is 6.43. The molecule has 1 aliphatic rings. The standard InChI is InChI=1S/C26H27BrN6O3S/c1-31(24-17-23(19-7-3-2-4-8-19)30-26-22(27)18-28-33(24)26)20-10-12-21(13-11-20)37(35,36)29-14-6-16-32-15-5-9-25(32)34/h2-4,7-8,10-13,17-18,29H,5-6,9,14-16H2,1H3. The van der Waals surface area contributed by atoms with Crippen molar-refractivity contribution in [1.29, 1.82) is 0 Å². The number of carbonyl (C=O) groups is 1. The number of nitrogens with zero attached hydrogens (tertiary/aromatic N) is 5. The predicted octanol–water partition coefficient (Wildman–Crippen LogP) is 4.22. The number of benzene rings is 2. The van der Waals surface area contributed by atoms with Gasteiger partial charge in [-0.25, -0.2) is 18.1 Å². The largest absolute Gasteiger partial charge is 0.343 e. The van der Waals surface area contributed by atoms with E-state index in [4.69, 9.17) is 4.98 Å². The molecule has 9 nitrogen and oxygen atoms in total. The molecular formula is C26H27BrN6O3S. The maximum atomic E-state index is 12.8. The van der Waals surface area contributed by atoms with E-state index in [9.17, 15) is 13.2 Å². The maximum Gasteiger partial charge on any atom is 0.240 e. The van der Waals surface area contributed by atoms with E-state index in [0.717, 1.165) is 40.2 Å². The molecule has 2 aromatic heterocycles. The molecule has 2 aromatic carbocycles. The molecule has 0 aliphatic carbocycles. The fourth-order valence-electron chi connectivity index (χ4n) is 4.40. The Morgan fingerprint density at radius 2 is 1.86 bits per heavy atom. The molecule has 0 radical (unpaired) electrons. The van der Waals surface area contributed by atoms with E-state index in [-0.39, 0.29) is 17.3 Å². The van der Waals surface area contributed by atoms with Gasteiger partial charge >= 0.3 is 0 Å². The maximum absolute atomic E-state index is 12.8. The predicted molar refractivity (Wildman–Crippen MR) is 146 cm³/mol. The van der Waals surface area contributed by atoms with Crippen molar-refractivity contribution < 1.29 is 13.2 Å². The second-order valence-electron chi connectivity index (χ2n) is 8.88. The van der Waals surface area contributed by atoms with Crippen LogP contribution in [0.4, 0.5) is 11.5 Å². The Morgan fingerprint density at radius 3 is 2.57 bits per heavy atom. The number of halogens is 1. The molecule has 11 heteroatoms. The zero-order valence-electron chi connectivity index (χ0n) is 20.3. The van der Waals surface area contributed by atoms with E-state index < -0.39 is 10.0 Å². The second kappa shape index (κ2) is 10.6. The Hall–Kier alpha value is -3.28. The Kier molecular flexibility index (Phi) is 7.27. The summed E-state index contributed by atoms with van der Waals surface area (Å²) >= 11 is 3.53. The van der Waals surface area contributed by atoms with Crippen molar-refractivity contribution in [3.05, 3.63) is 71.3 Å². The zero-order chi connectivity index (χ0) is 26.0. The number of fused-ring (bicyclic) bond motifs is 1.